The first-order valence-corrected chi connectivity index (χ1v) is 6.73. The van der Waals surface area contributed by atoms with E-state index in [1.54, 1.807) is 6.07 Å². The predicted molar refractivity (Wildman–Crippen MR) is 82.6 cm³/mol. The lowest BCUT2D eigenvalue weighted by Gasteiger charge is -2.03. The van der Waals surface area contributed by atoms with Crippen LogP contribution in [-0.4, -0.2) is 9.78 Å². The van der Waals surface area contributed by atoms with Gasteiger partial charge < -0.3 is 5.73 Å². The molecule has 20 heavy (non-hydrogen) atoms. The number of halogens is 1. The minimum atomic E-state index is 0.567. The Bertz CT molecular complexity index is 720. The molecule has 0 saturated carbocycles. The van der Waals surface area contributed by atoms with E-state index in [2.05, 4.69) is 17.2 Å². The molecule has 100 valence electrons. The molecule has 0 aliphatic rings. The van der Waals surface area contributed by atoms with Crippen LogP contribution in [0.4, 0.5) is 5.69 Å². The van der Waals surface area contributed by atoms with Crippen LogP contribution in [0, 0.1) is 0 Å². The summed E-state index contributed by atoms with van der Waals surface area (Å²) in [4.78, 5) is 0. The van der Waals surface area contributed by atoms with Crippen molar-refractivity contribution in [1.82, 2.24) is 9.78 Å². The zero-order valence-electron chi connectivity index (χ0n) is 10.8. The number of hydrogen-bond donors (Lipinski definition) is 1. The summed E-state index contributed by atoms with van der Waals surface area (Å²) in [5.41, 5.74) is 9.48. The average molecular weight is 284 g/mol. The fourth-order valence-corrected chi connectivity index (χ4v) is 2.19. The van der Waals surface area contributed by atoms with Crippen LogP contribution in [0.25, 0.3) is 11.3 Å². The van der Waals surface area contributed by atoms with Crippen molar-refractivity contribution in [3.63, 3.8) is 0 Å². The third-order valence-corrected chi connectivity index (χ3v) is 3.46. The Labute approximate surface area is 122 Å². The van der Waals surface area contributed by atoms with E-state index in [1.165, 1.54) is 5.56 Å². The molecule has 2 N–H and O–H groups in total. The van der Waals surface area contributed by atoms with Crippen LogP contribution in [-0.2, 0) is 6.54 Å². The fraction of sp³-hybridized carbons (Fsp3) is 0.0625. The van der Waals surface area contributed by atoms with Gasteiger partial charge in [-0.15, -0.1) is 0 Å². The largest absolute Gasteiger partial charge is 0.398 e. The summed E-state index contributed by atoms with van der Waals surface area (Å²) in [5, 5.41) is 5.13. The molecule has 1 aromatic heterocycles. The molecule has 0 bridgehead atoms. The van der Waals surface area contributed by atoms with Crippen LogP contribution in [0.3, 0.4) is 0 Å². The van der Waals surface area contributed by atoms with Crippen LogP contribution in [0.2, 0.25) is 5.02 Å². The third-order valence-electron chi connectivity index (χ3n) is 3.12. The van der Waals surface area contributed by atoms with Gasteiger partial charge in [0.15, 0.2) is 0 Å². The molecule has 3 aromatic rings. The van der Waals surface area contributed by atoms with Crippen LogP contribution in [0.1, 0.15) is 5.56 Å². The minimum absolute atomic E-state index is 0.567. The second-order valence-corrected chi connectivity index (χ2v) is 5.03. The van der Waals surface area contributed by atoms with Crippen molar-refractivity contribution in [2.24, 2.45) is 0 Å². The van der Waals surface area contributed by atoms with E-state index in [0.717, 1.165) is 17.8 Å². The average Bonchev–Trinajstić information content (AvgIpc) is 2.91. The maximum atomic E-state index is 5.93. The Hall–Kier alpha value is -2.26. The Kier molecular flexibility index (Phi) is 3.44. The number of nitrogens with zero attached hydrogens (tertiary/aromatic N) is 2. The Balaban J connectivity index is 1.84. The third kappa shape index (κ3) is 2.68. The van der Waals surface area contributed by atoms with Crippen molar-refractivity contribution >= 4 is 17.3 Å². The molecule has 1 heterocycles. The number of anilines is 1. The number of nitrogens with two attached hydrogens (primary N) is 1. The van der Waals surface area contributed by atoms with Gasteiger partial charge in [0.1, 0.15) is 0 Å². The normalized spacial score (nSPS) is 10.7. The Morgan fingerprint density at radius 1 is 1.05 bits per heavy atom. The van der Waals surface area contributed by atoms with Crippen molar-refractivity contribution in [3.05, 3.63) is 71.4 Å². The quantitative estimate of drug-likeness (QED) is 0.742. The molecule has 0 spiro atoms. The van der Waals surface area contributed by atoms with E-state index in [0.29, 0.717) is 10.7 Å². The highest BCUT2D eigenvalue weighted by atomic mass is 35.5. The highest BCUT2D eigenvalue weighted by Crippen LogP contribution is 2.25. The molecular weight excluding hydrogens is 270 g/mol. The first-order chi connectivity index (χ1) is 9.72. The Morgan fingerprint density at radius 3 is 2.60 bits per heavy atom. The molecular formula is C16H14ClN3. The molecule has 0 aliphatic heterocycles. The second kappa shape index (κ2) is 5.39. The van der Waals surface area contributed by atoms with Crippen LogP contribution >= 0.6 is 11.6 Å². The van der Waals surface area contributed by atoms with Crippen molar-refractivity contribution < 1.29 is 0 Å². The van der Waals surface area contributed by atoms with Gasteiger partial charge in [-0.2, -0.15) is 5.10 Å². The van der Waals surface area contributed by atoms with E-state index in [9.17, 15) is 0 Å². The molecule has 0 atom stereocenters. The lowest BCUT2D eigenvalue weighted by Crippen LogP contribution is -2.00. The molecule has 0 unspecified atom stereocenters. The zero-order valence-corrected chi connectivity index (χ0v) is 11.6. The maximum absolute atomic E-state index is 5.93. The van der Waals surface area contributed by atoms with Gasteiger partial charge in [-0.3, -0.25) is 4.68 Å². The van der Waals surface area contributed by atoms with Gasteiger partial charge in [0.05, 0.1) is 22.9 Å². The van der Waals surface area contributed by atoms with Gasteiger partial charge in [0.25, 0.3) is 0 Å². The number of aromatic nitrogens is 2. The van der Waals surface area contributed by atoms with Gasteiger partial charge in [0, 0.05) is 11.8 Å². The van der Waals surface area contributed by atoms with Crippen LogP contribution in [0.15, 0.2) is 60.8 Å². The van der Waals surface area contributed by atoms with Gasteiger partial charge in [-0.05, 0) is 23.8 Å². The number of benzene rings is 2. The van der Waals surface area contributed by atoms with E-state index in [4.69, 9.17) is 17.3 Å². The Morgan fingerprint density at radius 2 is 1.85 bits per heavy atom. The van der Waals surface area contributed by atoms with E-state index in [1.807, 2.05) is 47.3 Å². The first-order valence-electron chi connectivity index (χ1n) is 6.35. The fourth-order valence-electron chi connectivity index (χ4n) is 2.08. The summed E-state index contributed by atoms with van der Waals surface area (Å²) >= 11 is 5.93. The summed E-state index contributed by atoms with van der Waals surface area (Å²) in [5.74, 6) is 0. The summed E-state index contributed by atoms with van der Waals surface area (Å²) < 4.78 is 1.91. The van der Waals surface area contributed by atoms with Crippen molar-refractivity contribution in [1.29, 1.82) is 0 Å². The van der Waals surface area contributed by atoms with Gasteiger partial charge in [-0.1, -0.05) is 48.0 Å². The lowest BCUT2D eigenvalue weighted by atomic mass is 10.1. The summed E-state index contributed by atoms with van der Waals surface area (Å²) in [6.45, 7) is 0.754. The maximum Gasteiger partial charge on any atom is 0.0924 e. The summed E-state index contributed by atoms with van der Waals surface area (Å²) in [7, 11) is 0. The molecule has 0 radical (unpaired) electrons. The molecule has 0 fully saturated rings. The van der Waals surface area contributed by atoms with Crippen molar-refractivity contribution in [2.45, 2.75) is 6.54 Å². The highest BCUT2D eigenvalue weighted by molar-refractivity contribution is 6.33. The van der Waals surface area contributed by atoms with Crippen LogP contribution < -0.4 is 5.73 Å². The number of hydrogen-bond acceptors (Lipinski definition) is 2. The number of rotatable bonds is 3. The van der Waals surface area contributed by atoms with Crippen molar-refractivity contribution in [2.75, 3.05) is 5.73 Å². The summed E-state index contributed by atoms with van der Waals surface area (Å²) in [6, 6.07) is 17.8. The van der Waals surface area contributed by atoms with E-state index < -0.39 is 0 Å². The monoisotopic (exact) mass is 283 g/mol. The van der Waals surface area contributed by atoms with Gasteiger partial charge >= 0.3 is 0 Å². The molecule has 0 saturated heterocycles. The molecule has 3 nitrogen and oxygen atoms in total. The second-order valence-electron chi connectivity index (χ2n) is 4.62. The molecule has 3 rings (SSSR count). The molecule has 4 heteroatoms. The zero-order chi connectivity index (χ0) is 13.9. The molecule has 0 amide bonds. The van der Waals surface area contributed by atoms with Crippen molar-refractivity contribution in [3.8, 4) is 11.3 Å². The summed E-state index contributed by atoms with van der Waals surface area (Å²) in [6.07, 6.45) is 1.97. The van der Waals surface area contributed by atoms with Gasteiger partial charge in [-0.25, -0.2) is 0 Å². The standard InChI is InChI=1S/C16H14ClN3/c17-14-7-6-13(10-15(14)18)16-8-9-20(19-16)11-12-4-2-1-3-5-12/h1-10H,11,18H2. The topological polar surface area (TPSA) is 43.8 Å². The number of nitrogen functional groups attached to an aromatic ring is 1. The molecule has 0 aliphatic carbocycles. The SMILES string of the molecule is Nc1cc(-c2ccn(Cc3ccccc3)n2)ccc1Cl. The highest BCUT2D eigenvalue weighted by Gasteiger charge is 2.05. The smallest absolute Gasteiger partial charge is 0.0924 e. The minimum Gasteiger partial charge on any atom is -0.398 e. The predicted octanol–water partition coefficient (Wildman–Crippen LogP) is 3.83. The lowest BCUT2D eigenvalue weighted by molar-refractivity contribution is 0.689. The van der Waals surface area contributed by atoms with Crippen LogP contribution in [0.5, 0.6) is 0 Å². The van der Waals surface area contributed by atoms with E-state index in [-0.39, 0.29) is 0 Å². The first kappa shape index (κ1) is 12.8. The molecule has 2 aromatic carbocycles. The van der Waals surface area contributed by atoms with E-state index >= 15 is 0 Å². The van der Waals surface area contributed by atoms with Gasteiger partial charge in [0.2, 0.25) is 0 Å².